The molecule has 4 rings (SSSR count). The molecule has 5 nitrogen and oxygen atoms in total. The van der Waals surface area contributed by atoms with Gasteiger partial charge in [0.1, 0.15) is 5.69 Å². The highest BCUT2D eigenvalue weighted by Gasteiger charge is 2.34. The van der Waals surface area contributed by atoms with Crippen molar-refractivity contribution in [1.29, 1.82) is 0 Å². The molecule has 1 saturated heterocycles. The Morgan fingerprint density at radius 3 is 2.48 bits per heavy atom. The minimum Gasteiger partial charge on any atom is -0.335 e. The van der Waals surface area contributed by atoms with Gasteiger partial charge in [-0.05, 0) is 50.4 Å². The average molecular weight is 411 g/mol. The molecule has 2 aromatic carbocycles. The fourth-order valence-corrected chi connectivity index (χ4v) is 4.03. The highest BCUT2D eigenvalue weighted by molar-refractivity contribution is 6.00. The number of amides is 1. The first-order valence-corrected chi connectivity index (χ1v) is 9.80. The number of aromatic nitrogens is 2. The van der Waals surface area contributed by atoms with E-state index >= 15 is 0 Å². The second kappa shape index (κ2) is 8.80. The summed E-state index contributed by atoms with van der Waals surface area (Å²) in [4.78, 5) is 15.5. The molecule has 0 radical (unpaired) electrons. The van der Waals surface area contributed by atoms with Gasteiger partial charge in [0.25, 0.3) is 5.91 Å². The van der Waals surface area contributed by atoms with Crippen LogP contribution in [-0.4, -0.2) is 39.7 Å². The van der Waals surface area contributed by atoms with E-state index in [9.17, 15) is 4.79 Å². The highest BCUT2D eigenvalue weighted by atomic mass is 35.5. The van der Waals surface area contributed by atoms with Crippen molar-refractivity contribution in [2.75, 3.05) is 13.1 Å². The second-order valence-corrected chi connectivity index (χ2v) is 7.63. The van der Waals surface area contributed by atoms with Crippen molar-refractivity contribution in [3.05, 3.63) is 71.9 Å². The van der Waals surface area contributed by atoms with E-state index in [4.69, 9.17) is 10.8 Å². The molecule has 2 unspecified atom stereocenters. The maximum absolute atomic E-state index is 13.5. The van der Waals surface area contributed by atoms with Crippen molar-refractivity contribution >= 4 is 18.3 Å². The lowest BCUT2D eigenvalue weighted by Crippen LogP contribution is -2.34. The van der Waals surface area contributed by atoms with E-state index in [1.165, 1.54) is 0 Å². The van der Waals surface area contributed by atoms with Crippen LogP contribution in [0.5, 0.6) is 0 Å². The van der Waals surface area contributed by atoms with Gasteiger partial charge in [-0.2, -0.15) is 5.10 Å². The van der Waals surface area contributed by atoms with Gasteiger partial charge < -0.3 is 10.6 Å². The zero-order chi connectivity index (χ0) is 19.7. The minimum atomic E-state index is 0. The van der Waals surface area contributed by atoms with Gasteiger partial charge in [-0.25, -0.2) is 4.68 Å². The third kappa shape index (κ3) is 4.07. The van der Waals surface area contributed by atoms with Gasteiger partial charge in [-0.15, -0.1) is 12.4 Å². The molecule has 1 aliphatic rings. The number of carbonyl (C=O) groups excluding carboxylic acids is 1. The fourth-order valence-electron chi connectivity index (χ4n) is 4.03. The van der Waals surface area contributed by atoms with Gasteiger partial charge in [-0.1, -0.05) is 42.5 Å². The number of aryl methyl sites for hydroxylation is 1. The van der Waals surface area contributed by atoms with Crippen LogP contribution >= 0.6 is 12.4 Å². The van der Waals surface area contributed by atoms with Crippen molar-refractivity contribution in [2.24, 2.45) is 11.7 Å². The number of nitrogens with two attached hydrogens (primary N) is 1. The third-order valence-electron chi connectivity index (χ3n) is 5.62. The Kier molecular flexibility index (Phi) is 6.40. The molecular formula is C23H27ClN4O. The number of likely N-dealkylation sites (tertiary alicyclic amines) is 1. The largest absolute Gasteiger partial charge is 0.335 e. The molecule has 2 atom stereocenters. The van der Waals surface area contributed by atoms with Gasteiger partial charge in [0.15, 0.2) is 0 Å². The van der Waals surface area contributed by atoms with Crippen LogP contribution in [0, 0.1) is 12.8 Å². The molecule has 1 aliphatic heterocycles. The van der Waals surface area contributed by atoms with Gasteiger partial charge >= 0.3 is 0 Å². The summed E-state index contributed by atoms with van der Waals surface area (Å²) < 4.78 is 1.80. The summed E-state index contributed by atoms with van der Waals surface area (Å²) in [6, 6.07) is 18.2. The lowest BCUT2D eigenvalue weighted by molar-refractivity contribution is 0.0744. The molecule has 0 bridgehead atoms. The third-order valence-corrected chi connectivity index (χ3v) is 5.62. The number of rotatable bonds is 4. The highest BCUT2D eigenvalue weighted by Crippen LogP contribution is 2.30. The van der Waals surface area contributed by atoms with Crippen LogP contribution in [0.25, 0.3) is 16.9 Å². The van der Waals surface area contributed by atoms with E-state index in [1.54, 1.807) is 4.68 Å². The molecule has 6 heteroatoms. The molecule has 0 spiro atoms. The zero-order valence-corrected chi connectivity index (χ0v) is 17.6. The Morgan fingerprint density at radius 2 is 1.83 bits per heavy atom. The smallest absolute Gasteiger partial charge is 0.257 e. The van der Waals surface area contributed by atoms with E-state index < -0.39 is 0 Å². The Balaban J connectivity index is 0.00000240. The van der Waals surface area contributed by atoms with Crippen LogP contribution in [0.2, 0.25) is 0 Å². The molecular weight excluding hydrogens is 384 g/mol. The molecule has 3 aromatic rings. The van der Waals surface area contributed by atoms with Crippen LogP contribution in [0.3, 0.4) is 0 Å². The first kappa shape index (κ1) is 21.1. The topological polar surface area (TPSA) is 64.2 Å². The quantitative estimate of drug-likeness (QED) is 0.704. The Hall–Kier alpha value is -2.63. The number of para-hydroxylation sites is 1. The van der Waals surface area contributed by atoms with Crippen molar-refractivity contribution in [3.8, 4) is 16.9 Å². The van der Waals surface area contributed by atoms with Gasteiger partial charge in [0.05, 0.1) is 11.3 Å². The lowest BCUT2D eigenvalue weighted by Gasteiger charge is -2.21. The van der Waals surface area contributed by atoms with Crippen LogP contribution in [0.1, 0.15) is 29.3 Å². The lowest BCUT2D eigenvalue weighted by atomic mass is 10.0. The molecule has 1 aromatic heterocycles. The summed E-state index contributed by atoms with van der Waals surface area (Å²) in [5.41, 5.74) is 10.3. The summed E-state index contributed by atoms with van der Waals surface area (Å²) in [7, 11) is 0. The monoisotopic (exact) mass is 410 g/mol. The Morgan fingerprint density at radius 1 is 1.14 bits per heavy atom. The predicted molar refractivity (Wildman–Crippen MR) is 119 cm³/mol. The van der Waals surface area contributed by atoms with Crippen LogP contribution in [0.4, 0.5) is 0 Å². The standard InChI is InChI=1S/C23H26N4O.ClH/c1-16-8-6-7-11-20(16)22-21(15-27(25-22)19-9-4-3-5-10-19)23(28)26-14-18(13-24)12-17(26)2;/h3-11,15,17-18H,12-14,24H2,1-2H3;1H. The molecule has 2 N–H and O–H groups in total. The maximum Gasteiger partial charge on any atom is 0.257 e. The molecule has 29 heavy (non-hydrogen) atoms. The van der Waals surface area contributed by atoms with E-state index in [0.29, 0.717) is 24.6 Å². The molecule has 1 fully saturated rings. The normalized spacial score (nSPS) is 18.5. The summed E-state index contributed by atoms with van der Waals surface area (Å²) in [6.45, 7) is 5.47. The summed E-state index contributed by atoms with van der Waals surface area (Å²) >= 11 is 0. The van der Waals surface area contributed by atoms with E-state index in [2.05, 4.69) is 6.92 Å². The first-order valence-electron chi connectivity index (χ1n) is 9.80. The maximum atomic E-state index is 13.5. The molecule has 0 saturated carbocycles. The van der Waals surface area contributed by atoms with Crippen molar-refractivity contribution in [1.82, 2.24) is 14.7 Å². The number of carbonyl (C=O) groups is 1. The number of hydrogen-bond acceptors (Lipinski definition) is 3. The first-order chi connectivity index (χ1) is 13.6. The molecule has 1 amide bonds. The summed E-state index contributed by atoms with van der Waals surface area (Å²) in [5.74, 6) is 0.397. The van der Waals surface area contributed by atoms with Gasteiger partial charge in [-0.3, -0.25) is 4.79 Å². The number of halogens is 1. The van der Waals surface area contributed by atoms with E-state index in [0.717, 1.165) is 28.9 Å². The van der Waals surface area contributed by atoms with E-state index in [-0.39, 0.29) is 24.4 Å². The van der Waals surface area contributed by atoms with Gasteiger partial charge in [0, 0.05) is 24.3 Å². The minimum absolute atomic E-state index is 0. The number of hydrogen-bond donors (Lipinski definition) is 1. The number of nitrogens with zero attached hydrogens (tertiary/aromatic N) is 3. The van der Waals surface area contributed by atoms with Crippen molar-refractivity contribution < 1.29 is 4.79 Å². The average Bonchev–Trinajstić information content (AvgIpc) is 3.32. The SMILES string of the molecule is Cc1ccccc1-c1nn(-c2ccccc2)cc1C(=O)N1CC(CN)CC1C.Cl. The van der Waals surface area contributed by atoms with Gasteiger partial charge in [0.2, 0.25) is 0 Å². The molecule has 0 aliphatic carbocycles. The molecule has 152 valence electrons. The van der Waals surface area contributed by atoms with Crippen LogP contribution < -0.4 is 5.73 Å². The van der Waals surface area contributed by atoms with Crippen molar-refractivity contribution in [3.63, 3.8) is 0 Å². The van der Waals surface area contributed by atoms with Crippen molar-refractivity contribution in [2.45, 2.75) is 26.3 Å². The van der Waals surface area contributed by atoms with E-state index in [1.807, 2.05) is 72.6 Å². The zero-order valence-electron chi connectivity index (χ0n) is 16.8. The fraction of sp³-hybridized carbons (Fsp3) is 0.304. The summed E-state index contributed by atoms with van der Waals surface area (Å²) in [5, 5.41) is 4.81. The number of benzene rings is 2. The van der Waals surface area contributed by atoms with Crippen LogP contribution in [0.15, 0.2) is 60.8 Å². The Bertz CT molecular complexity index is 986. The Labute approximate surface area is 177 Å². The summed E-state index contributed by atoms with van der Waals surface area (Å²) in [6.07, 6.45) is 2.82. The second-order valence-electron chi connectivity index (χ2n) is 7.63. The molecule has 2 heterocycles. The van der Waals surface area contributed by atoms with Crippen LogP contribution in [-0.2, 0) is 0 Å². The predicted octanol–water partition coefficient (Wildman–Crippen LogP) is 4.08.